The summed E-state index contributed by atoms with van der Waals surface area (Å²) in [5.74, 6) is 2.58. The summed E-state index contributed by atoms with van der Waals surface area (Å²) in [5.41, 5.74) is 0. The Kier molecular flexibility index (Phi) is 1.41. The van der Waals surface area contributed by atoms with Crippen LogP contribution in [0, 0.1) is 12.3 Å². The van der Waals surface area contributed by atoms with Crippen molar-refractivity contribution in [3.63, 3.8) is 0 Å². The Morgan fingerprint density at radius 3 is 2.67 bits per heavy atom. The highest BCUT2D eigenvalue weighted by Crippen LogP contribution is 2.00. The molecule has 46 valence electrons. The van der Waals surface area contributed by atoms with Crippen molar-refractivity contribution in [2.45, 2.75) is 0 Å². The summed E-state index contributed by atoms with van der Waals surface area (Å²) >= 11 is 5.50. The lowest BCUT2D eigenvalue weighted by Gasteiger charge is -1.82. The first kappa shape index (κ1) is 6.12. The molecule has 0 saturated heterocycles. The first-order chi connectivity index (χ1) is 4.24. The fourth-order valence-electron chi connectivity index (χ4n) is 0.427. The van der Waals surface area contributed by atoms with Gasteiger partial charge in [-0.15, -0.1) is 11.5 Å². The van der Waals surface area contributed by atoms with E-state index >= 15 is 0 Å². The van der Waals surface area contributed by atoms with E-state index in [1.54, 1.807) is 7.05 Å². The molecule has 1 aromatic rings. The van der Waals surface area contributed by atoms with Crippen molar-refractivity contribution in [1.82, 2.24) is 14.8 Å². The van der Waals surface area contributed by atoms with Crippen LogP contribution in [0.4, 0.5) is 0 Å². The maximum Gasteiger partial charge on any atom is 0.226 e. The van der Waals surface area contributed by atoms with Crippen LogP contribution >= 0.6 is 11.6 Å². The largest absolute Gasteiger partial charge is 0.238 e. The molecular weight excluding hydrogens is 138 g/mol. The van der Waals surface area contributed by atoms with Crippen LogP contribution in [0.3, 0.4) is 0 Å². The molecule has 1 aromatic heterocycles. The Balaban J connectivity index is 3.16. The Morgan fingerprint density at radius 1 is 1.78 bits per heavy atom. The van der Waals surface area contributed by atoms with Gasteiger partial charge in [-0.2, -0.15) is 4.98 Å². The third-order valence-corrected chi connectivity index (χ3v) is 1.17. The second-order valence-electron chi connectivity index (χ2n) is 1.47. The summed E-state index contributed by atoms with van der Waals surface area (Å²) in [6.07, 6.45) is 4.99. The number of aryl methyl sites for hydroxylation is 1. The van der Waals surface area contributed by atoms with Crippen molar-refractivity contribution in [2.75, 3.05) is 0 Å². The predicted molar refractivity (Wildman–Crippen MR) is 33.9 cm³/mol. The summed E-state index contributed by atoms with van der Waals surface area (Å²) in [7, 11) is 1.68. The van der Waals surface area contributed by atoms with Gasteiger partial charge in [0.1, 0.15) is 0 Å². The predicted octanol–water partition coefficient (Wildman–Crippen LogP) is 0.450. The topological polar surface area (TPSA) is 30.7 Å². The molecule has 1 heterocycles. The zero-order valence-corrected chi connectivity index (χ0v) is 5.55. The summed E-state index contributed by atoms with van der Waals surface area (Å²) in [6, 6.07) is 0. The normalized spacial score (nSPS) is 9.00. The number of halogens is 1. The average molecular weight is 142 g/mol. The molecule has 0 aliphatic carbocycles. The van der Waals surface area contributed by atoms with Crippen molar-refractivity contribution in [3.05, 3.63) is 11.1 Å². The molecule has 1 rings (SSSR count). The summed E-state index contributed by atoms with van der Waals surface area (Å²) < 4.78 is 1.41. The molecule has 0 unspecified atom stereocenters. The van der Waals surface area contributed by atoms with Gasteiger partial charge in [-0.1, -0.05) is 0 Å². The maximum absolute atomic E-state index is 5.50. The molecule has 0 N–H and O–H groups in total. The fraction of sp³-hybridized carbons (Fsp3) is 0.200. The lowest BCUT2D eigenvalue weighted by molar-refractivity contribution is 0.763. The van der Waals surface area contributed by atoms with Crippen LogP contribution in [0.15, 0.2) is 0 Å². The molecule has 0 spiro atoms. The van der Waals surface area contributed by atoms with Crippen LogP contribution in [-0.4, -0.2) is 14.8 Å². The first-order valence-electron chi connectivity index (χ1n) is 2.27. The van der Waals surface area contributed by atoms with Crippen LogP contribution in [0.1, 0.15) is 5.82 Å². The average Bonchev–Trinajstić information content (AvgIpc) is 2.13. The highest BCUT2D eigenvalue weighted by atomic mass is 35.5. The van der Waals surface area contributed by atoms with Gasteiger partial charge in [0, 0.05) is 7.05 Å². The van der Waals surface area contributed by atoms with Gasteiger partial charge in [0.2, 0.25) is 11.1 Å². The highest BCUT2D eigenvalue weighted by Gasteiger charge is 1.98. The standard InChI is InChI=1S/C5H4ClN3/c1-3-4-7-5(6)9(2)8-4/h1H,2H3. The summed E-state index contributed by atoms with van der Waals surface area (Å²) in [6.45, 7) is 0. The molecule has 0 aliphatic heterocycles. The van der Waals surface area contributed by atoms with E-state index in [2.05, 4.69) is 16.0 Å². The van der Waals surface area contributed by atoms with E-state index in [9.17, 15) is 0 Å². The minimum absolute atomic E-state index is 0.308. The zero-order valence-electron chi connectivity index (χ0n) is 4.80. The lowest BCUT2D eigenvalue weighted by Crippen LogP contribution is -1.89. The highest BCUT2D eigenvalue weighted by molar-refractivity contribution is 6.28. The minimum atomic E-state index is 0.308. The Hall–Kier alpha value is -1.01. The SMILES string of the molecule is C#Cc1nc(Cl)n(C)n1. The zero-order chi connectivity index (χ0) is 6.85. The van der Waals surface area contributed by atoms with Gasteiger partial charge in [-0.05, 0) is 17.5 Å². The van der Waals surface area contributed by atoms with E-state index in [-0.39, 0.29) is 0 Å². The molecule has 4 heteroatoms. The molecule has 0 radical (unpaired) electrons. The number of hydrogen-bond acceptors (Lipinski definition) is 2. The van der Waals surface area contributed by atoms with E-state index in [0.29, 0.717) is 11.1 Å². The molecule has 0 amide bonds. The Labute approximate surface area is 57.7 Å². The van der Waals surface area contributed by atoms with Crippen molar-refractivity contribution in [1.29, 1.82) is 0 Å². The lowest BCUT2D eigenvalue weighted by atomic mass is 10.7. The van der Waals surface area contributed by atoms with E-state index < -0.39 is 0 Å². The second-order valence-corrected chi connectivity index (χ2v) is 1.81. The molecule has 3 nitrogen and oxygen atoms in total. The minimum Gasteiger partial charge on any atom is -0.238 e. The smallest absolute Gasteiger partial charge is 0.226 e. The van der Waals surface area contributed by atoms with Crippen LogP contribution < -0.4 is 0 Å². The van der Waals surface area contributed by atoms with Gasteiger partial charge < -0.3 is 0 Å². The molecule has 0 bridgehead atoms. The molecule has 0 aliphatic rings. The monoisotopic (exact) mass is 141 g/mol. The van der Waals surface area contributed by atoms with Crippen LogP contribution in [0.2, 0.25) is 5.28 Å². The Morgan fingerprint density at radius 2 is 2.44 bits per heavy atom. The van der Waals surface area contributed by atoms with Gasteiger partial charge in [0.25, 0.3) is 0 Å². The van der Waals surface area contributed by atoms with E-state index in [1.807, 2.05) is 0 Å². The van der Waals surface area contributed by atoms with Crippen LogP contribution in [0.25, 0.3) is 0 Å². The number of nitrogens with zero attached hydrogens (tertiary/aromatic N) is 3. The van der Waals surface area contributed by atoms with Gasteiger partial charge in [0.05, 0.1) is 0 Å². The molecule has 0 fully saturated rings. The van der Waals surface area contributed by atoms with E-state index in [4.69, 9.17) is 18.0 Å². The van der Waals surface area contributed by atoms with Gasteiger partial charge in [0.15, 0.2) is 0 Å². The van der Waals surface area contributed by atoms with E-state index in [0.717, 1.165) is 0 Å². The van der Waals surface area contributed by atoms with Gasteiger partial charge >= 0.3 is 0 Å². The number of terminal acetylenes is 1. The van der Waals surface area contributed by atoms with Gasteiger partial charge in [-0.3, -0.25) is 0 Å². The molecule has 0 saturated carbocycles. The van der Waals surface area contributed by atoms with Crippen LogP contribution in [-0.2, 0) is 7.05 Å². The Bertz CT molecular complexity index is 238. The van der Waals surface area contributed by atoms with Crippen molar-refractivity contribution in [3.8, 4) is 12.3 Å². The van der Waals surface area contributed by atoms with Gasteiger partial charge in [-0.25, -0.2) is 4.68 Å². The van der Waals surface area contributed by atoms with Crippen molar-refractivity contribution in [2.24, 2.45) is 7.05 Å². The fourth-order valence-corrected chi connectivity index (χ4v) is 0.544. The molecular formula is C5H4ClN3. The van der Waals surface area contributed by atoms with Crippen molar-refractivity contribution < 1.29 is 0 Å². The van der Waals surface area contributed by atoms with Crippen LogP contribution in [0.5, 0.6) is 0 Å². The maximum atomic E-state index is 5.50. The third kappa shape index (κ3) is 1.03. The first-order valence-corrected chi connectivity index (χ1v) is 2.65. The molecule has 9 heavy (non-hydrogen) atoms. The number of rotatable bonds is 0. The summed E-state index contributed by atoms with van der Waals surface area (Å²) in [5, 5.41) is 4.07. The third-order valence-electron chi connectivity index (χ3n) is 0.839. The number of hydrogen-bond donors (Lipinski definition) is 0. The summed E-state index contributed by atoms with van der Waals surface area (Å²) in [4.78, 5) is 3.71. The second kappa shape index (κ2) is 2.08. The van der Waals surface area contributed by atoms with E-state index in [1.165, 1.54) is 4.68 Å². The molecule has 0 atom stereocenters. The quantitative estimate of drug-likeness (QED) is 0.491. The van der Waals surface area contributed by atoms with Crippen molar-refractivity contribution >= 4 is 11.6 Å². The number of aromatic nitrogens is 3. The molecule has 0 aromatic carbocycles.